The highest BCUT2D eigenvalue weighted by Gasteiger charge is 2.31. The van der Waals surface area contributed by atoms with Gasteiger partial charge in [0.15, 0.2) is 0 Å². The van der Waals surface area contributed by atoms with Crippen LogP contribution in [0.5, 0.6) is 0 Å². The van der Waals surface area contributed by atoms with Crippen molar-refractivity contribution in [1.82, 2.24) is 9.88 Å². The van der Waals surface area contributed by atoms with Crippen LogP contribution in [0.15, 0.2) is 18.3 Å². The molecule has 0 amide bonds. The number of piperazine rings is 1. The summed E-state index contributed by atoms with van der Waals surface area (Å²) >= 11 is 3.31. The molecule has 0 radical (unpaired) electrons. The Morgan fingerprint density at radius 1 is 1.26 bits per heavy atom. The number of anilines is 1. The standard InChI is InChI=1S/C14H18BrN3O/c15-13(10-19)11-1-4-14(16-9-11)18-7-5-17(6-8-18)12-2-3-12/h1,4,9-10,12-13H,2-3,5-8H2. The monoisotopic (exact) mass is 323 g/mol. The molecule has 0 aromatic carbocycles. The third-order valence-corrected chi connectivity index (χ3v) is 4.65. The van der Waals surface area contributed by atoms with Gasteiger partial charge >= 0.3 is 0 Å². The van der Waals surface area contributed by atoms with E-state index in [-0.39, 0.29) is 4.83 Å². The number of halogens is 1. The summed E-state index contributed by atoms with van der Waals surface area (Å²) in [5.74, 6) is 1.02. The van der Waals surface area contributed by atoms with Gasteiger partial charge in [0.25, 0.3) is 0 Å². The maximum Gasteiger partial charge on any atom is 0.138 e. The second-order valence-electron chi connectivity index (χ2n) is 5.24. The van der Waals surface area contributed by atoms with E-state index >= 15 is 0 Å². The van der Waals surface area contributed by atoms with Gasteiger partial charge in [0.2, 0.25) is 0 Å². The summed E-state index contributed by atoms with van der Waals surface area (Å²) in [5, 5.41) is 0. The fraction of sp³-hybridized carbons (Fsp3) is 0.571. The van der Waals surface area contributed by atoms with E-state index in [1.807, 2.05) is 12.1 Å². The maximum absolute atomic E-state index is 10.7. The molecule has 0 N–H and O–H groups in total. The van der Waals surface area contributed by atoms with Crippen molar-refractivity contribution in [3.8, 4) is 0 Å². The Morgan fingerprint density at radius 2 is 2.00 bits per heavy atom. The Hall–Kier alpha value is -0.940. The lowest BCUT2D eigenvalue weighted by atomic mass is 10.2. The molecule has 19 heavy (non-hydrogen) atoms. The highest BCUT2D eigenvalue weighted by atomic mass is 79.9. The number of hydrogen-bond donors (Lipinski definition) is 0. The van der Waals surface area contributed by atoms with Crippen LogP contribution in [0, 0.1) is 0 Å². The van der Waals surface area contributed by atoms with E-state index < -0.39 is 0 Å². The first-order valence-electron chi connectivity index (χ1n) is 6.82. The first-order chi connectivity index (χ1) is 9.28. The fourth-order valence-electron chi connectivity index (χ4n) is 2.58. The van der Waals surface area contributed by atoms with Crippen molar-refractivity contribution in [2.75, 3.05) is 31.1 Å². The molecule has 3 rings (SSSR count). The van der Waals surface area contributed by atoms with Crippen LogP contribution in [0.25, 0.3) is 0 Å². The molecule has 1 unspecified atom stereocenters. The van der Waals surface area contributed by atoms with Gasteiger partial charge in [-0.05, 0) is 24.5 Å². The number of alkyl halides is 1. The van der Waals surface area contributed by atoms with E-state index in [9.17, 15) is 4.79 Å². The van der Waals surface area contributed by atoms with Gasteiger partial charge in [0, 0.05) is 38.4 Å². The summed E-state index contributed by atoms with van der Waals surface area (Å²) in [6.45, 7) is 4.38. The van der Waals surface area contributed by atoms with Gasteiger partial charge < -0.3 is 9.69 Å². The number of aromatic nitrogens is 1. The van der Waals surface area contributed by atoms with Crippen LogP contribution in [-0.2, 0) is 4.79 Å². The summed E-state index contributed by atoms with van der Waals surface area (Å²) in [7, 11) is 0. The van der Waals surface area contributed by atoms with Crippen LogP contribution < -0.4 is 4.90 Å². The largest absolute Gasteiger partial charge is 0.354 e. The molecule has 1 atom stereocenters. The first-order valence-corrected chi connectivity index (χ1v) is 7.74. The average molecular weight is 324 g/mol. The fourth-order valence-corrected chi connectivity index (χ4v) is 2.85. The zero-order chi connectivity index (χ0) is 13.2. The minimum absolute atomic E-state index is 0.249. The lowest BCUT2D eigenvalue weighted by molar-refractivity contribution is -0.107. The van der Waals surface area contributed by atoms with Gasteiger partial charge in [-0.15, -0.1) is 0 Å². The Labute approximate surface area is 121 Å². The van der Waals surface area contributed by atoms with Crippen LogP contribution in [0.2, 0.25) is 0 Å². The lowest BCUT2D eigenvalue weighted by Gasteiger charge is -2.35. The second kappa shape index (κ2) is 5.59. The van der Waals surface area contributed by atoms with E-state index in [0.717, 1.165) is 49.9 Å². The first kappa shape index (κ1) is 13.1. The van der Waals surface area contributed by atoms with Crippen LogP contribution in [-0.4, -0.2) is 48.4 Å². The lowest BCUT2D eigenvalue weighted by Crippen LogP contribution is -2.47. The number of nitrogens with zero attached hydrogens (tertiary/aromatic N) is 3. The minimum Gasteiger partial charge on any atom is -0.354 e. The van der Waals surface area contributed by atoms with Crippen molar-refractivity contribution in [1.29, 1.82) is 0 Å². The van der Waals surface area contributed by atoms with E-state index in [1.165, 1.54) is 12.8 Å². The Morgan fingerprint density at radius 3 is 2.53 bits per heavy atom. The highest BCUT2D eigenvalue weighted by Crippen LogP contribution is 2.28. The molecule has 2 aliphatic rings. The predicted molar refractivity (Wildman–Crippen MR) is 78.8 cm³/mol. The molecule has 1 saturated heterocycles. The maximum atomic E-state index is 10.7. The Balaban J connectivity index is 1.61. The number of carbonyl (C=O) groups excluding carboxylic acids is 1. The molecular formula is C14H18BrN3O. The number of rotatable bonds is 4. The third-order valence-electron chi connectivity index (χ3n) is 3.91. The topological polar surface area (TPSA) is 36.4 Å². The van der Waals surface area contributed by atoms with Gasteiger partial charge in [0.05, 0.1) is 4.83 Å². The van der Waals surface area contributed by atoms with E-state index in [1.54, 1.807) is 6.20 Å². The molecule has 0 spiro atoms. The summed E-state index contributed by atoms with van der Waals surface area (Å²) in [6.07, 6.45) is 5.43. The van der Waals surface area contributed by atoms with Gasteiger partial charge in [0.1, 0.15) is 12.1 Å². The molecule has 2 heterocycles. The molecule has 5 heteroatoms. The van der Waals surface area contributed by atoms with E-state index in [0.29, 0.717) is 0 Å². The van der Waals surface area contributed by atoms with E-state index in [4.69, 9.17) is 0 Å². The van der Waals surface area contributed by atoms with Crippen LogP contribution >= 0.6 is 15.9 Å². The summed E-state index contributed by atoms with van der Waals surface area (Å²) in [4.78, 5) is 19.8. The van der Waals surface area contributed by atoms with Crippen molar-refractivity contribution in [3.05, 3.63) is 23.9 Å². The smallest absolute Gasteiger partial charge is 0.138 e. The number of carbonyl (C=O) groups is 1. The number of hydrogen-bond acceptors (Lipinski definition) is 4. The Bertz CT molecular complexity index is 439. The van der Waals surface area contributed by atoms with Gasteiger partial charge in [-0.1, -0.05) is 22.0 Å². The summed E-state index contributed by atoms with van der Waals surface area (Å²) in [5.41, 5.74) is 0.912. The Kier molecular flexibility index (Phi) is 3.84. The van der Waals surface area contributed by atoms with Crippen LogP contribution in [0.4, 0.5) is 5.82 Å². The normalized spacial score (nSPS) is 22.3. The SMILES string of the molecule is O=CC(Br)c1ccc(N2CCN(C3CC3)CC2)nc1. The quantitative estimate of drug-likeness (QED) is 0.627. The van der Waals surface area contributed by atoms with Crippen molar-refractivity contribution in [2.45, 2.75) is 23.7 Å². The molecular weight excluding hydrogens is 306 g/mol. The van der Waals surface area contributed by atoms with Crippen molar-refractivity contribution in [3.63, 3.8) is 0 Å². The molecule has 1 aromatic rings. The second-order valence-corrected chi connectivity index (χ2v) is 6.23. The van der Waals surface area contributed by atoms with Gasteiger partial charge in [-0.3, -0.25) is 4.90 Å². The van der Waals surface area contributed by atoms with Crippen LogP contribution in [0.3, 0.4) is 0 Å². The molecule has 1 saturated carbocycles. The van der Waals surface area contributed by atoms with E-state index in [2.05, 4.69) is 30.7 Å². The van der Waals surface area contributed by atoms with Gasteiger partial charge in [-0.25, -0.2) is 4.98 Å². The molecule has 102 valence electrons. The van der Waals surface area contributed by atoms with Crippen molar-refractivity contribution >= 4 is 28.0 Å². The zero-order valence-electron chi connectivity index (χ0n) is 10.8. The highest BCUT2D eigenvalue weighted by molar-refractivity contribution is 9.09. The zero-order valence-corrected chi connectivity index (χ0v) is 12.4. The number of aldehydes is 1. The molecule has 4 nitrogen and oxygen atoms in total. The van der Waals surface area contributed by atoms with Crippen LogP contribution in [0.1, 0.15) is 23.2 Å². The average Bonchev–Trinajstić information content (AvgIpc) is 3.31. The molecule has 1 aromatic heterocycles. The molecule has 0 bridgehead atoms. The molecule has 1 aliphatic carbocycles. The van der Waals surface area contributed by atoms with Crippen molar-refractivity contribution < 1.29 is 4.79 Å². The summed E-state index contributed by atoms with van der Waals surface area (Å²) in [6, 6.07) is 4.85. The molecule has 2 fully saturated rings. The molecule has 1 aliphatic heterocycles. The number of pyridine rings is 1. The predicted octanol–water partition coefficient (Wildman–Crippen LogP) is 2.00. The van der Waals surface area contributed by atoms with Gasteiger partial charge in [-0.2, -0.15) is 0 Å². The summed E-state index contributed by atoms with van der Waals surface area (Å²) < 4.78 is 0. The minimum atomic E-state index is -0.249. The third kappa shape index (κ3) is 2.98. The van der Waals surface area contributed by atoms with Crippen molar-refractivity contribution in [2.24, 2.45) is 0 Å².